The summed E-state index contributed by atoms with van der Waals surface area (Å²) in [5, 5.41) is 3.15. The summed E-state index contributed by atoms with van der Waals surface area (Å²) in [5.74, 6) is 0.154. The zero-order valence-corrected chi connectivity index (χ0v) is 16.6. The van der Waals surface area contributed by atoms with Gasteiger partial charge in [0.15, 0.2) is 0 Å². The third kappa shape index (κ3) is 4.14. The van der Waals surface area contributed by atoms with Crippen LogP contribution in [0.15, 0.2) is 23.1 Å². The summed E-state index contributed by atoms with van der Waals surface area (Å²) in [4.78, 5) is 41.6. The molecule has 1 aliphatic carbocycles. The number of carbonyl (C=O) groups is 2. The number of rotatable bonds is 4. The highest BCUT2D eigenvalue weighted by atomic mass is 16.2. The molecular formula is C21H30N4O3. The standard InChI is InChI=1S/C21H30N4O3/c1-23-10-3-5-18(20(23)27)21(28)24-12-8-17(9-13-24)25-11-2-4-15(14-25)19(26)22-16-6-7-16/h3,5,10,15-17H,2,4,6-9,11-14H2,1H3,(H,22,26). The van der Waals surface area contributed by atoms with E-state index < -0.39 is 0 Å². The Morgan fingerprint density at radius 3 is 2.54 bits per heavy atom. The lowest BCUT2D eigenvalue weighted by Gasteiger charge is -2.42. The maximum absolute atomic E-state index is 12.8. The molecule has 3 aliphatic rings. The number of nitrogens with zero attached hydrogens (tertiary/aromatic N) is 3. The molecule has 152 valence electrons. The minimum Gasteiger partial charge on any atom is -0.353 e. The average Bonchev–Trinajstić information content (AvgIpc) is 3.54. The molecule has 7 nitrogen and oxygen atoms in total. The fourth-order valence-corrected chi connectivity index (χ4v) is 4.46. The highest BCUT2D eigenvalue weighted by molar-refractivity contribution is 5.93. The SMILES string of the molecule is Cn1cccc(C(=O)N2CCC(N3CCCC(C(=O)NC4CC4)C3)CC2)c1=O. The van der Waals surface area contributed by atoms with E-state index in [1.54, 1.807) is 30.3 Å². The van der Waals surface area contributed by atoms with Crippen molar-refractivity contribution in [2.75, 3.05) is 26.2 Å². The minimum absolute atomic E-state index is 0.0985. The fraction of sp³-hybridized carbons (Fsp3) is 0.667. The zero-order chi connectivity index (χ0) is 19.7. The first-order chi connectivity index (χ1) is 13.5. The third-order valence-corrected chi connectivity index (χ3v) is 6.37. The van der Waals surface area contributed by atoms with Crippen LogP contribution in [0.4, 0.5) is 0 Å². The van der Waals surface area contributed by atoms with E-state index in [0.717, 1.165) is 51.6 Å². The Balaban J connectivity index is 1.32. The summed E-state index contributed by atoms with van der Waals surface area (Å²) in [6, 6.07) is 4.19. The molecule has 1 N–H and O–H groups in total. The van der Waals surface area contributed by atoms with Gasteiger partial charge in [0.2, 0.25) is 5.91 Å². The van der Waals surface area contributed by atoms with E-state index in [1.165, 1.54) is 4.57 Å². The smallest absolute Gasteiger partial charge is 0.263 e. The quantitative estimate of drug-likeness (QED) is 0.837. The van der Waals surface area contributed by atoms with Gasteiger partial charge in [-0.05, 0) is 57.2 Å². The molecule has 0 spiro atoms. The van der Waals surface area contributed by atoms with Crippen molar-refractivity contribution in [2.45, 2.75) is 50.6 Å². The average molecular weight is 386 g/mol. The second-order valence-electron chi connectivity index (χ2n) is 8.48. The van der Waals surface area contributed by atoms with Gasteiger partial charge in [-0.15, -0.1) is 0 Å². The number of likely N-dealkylation sites (tertiary alicyclic amines) is 2. The lowest BCUT2D eigenvalue weighted by molar-refractivity contribution is -0.127. The van der Waals surface area contributed by atoms with Crippen molar-refractivity contribution in [2.24, 2.45) is 13.0 Å². The van der Waals surface area contributed by atoms with Crippen LogP contribution in [0.25, 0.3) is 0 Å². The summed E-state index contributed by atoms with van der Waals surface area (Å²) in [5.41, 5.74) is 0.00778. The van der Waals surface area contributed by atoms with Crippen LogP contribution in [0, 0.1) is 5.92 Å². The predicted octanol–water partition coefficient (Wildman–Crippen LogP) is 0.981. The molecule has 1 atom stereocenters. The highest BCUT2D eigenvalue weighted by Crippen LogP contribution is 2.26. The van der Waals surface area contributed by atoms with E-state index >= 15 is 0 Å². The second-order valence-corrected chi connectivity index (χ2v) is 8.48. The van der Waals surface area contributed by atoms with Gasteiger partial charge in [0.25, 0.3) is 11.5 Å². The lowest BCUT2D eigenvalue weighted by Crippen LogP contribution is -2.52. The number of amides is 2. The molecule has 0 bridgehead atoms. The van der Waals surface area contributed by atoms with Crippen LogP contribution in [0.3, 0.4) is 0 Å². The van der Waals surface area contributed by atoms with Crippen LogP contribution in [0.1, 0.15) is 48.9 Å². The minimum atomic E-state index is -0.241. The third-order valence-electron chi connectivity index (χ3n) is 6.37. The Labute approximate surface area is 165 Å². The topological polar surface area (TPSA) is 74.7 Å². The Morgan fingerprint density at radius 1 is 1.07 bits per heavy atom. The number of piperidine rings is 2. The zero-order valence-electron chi connectivity index (χ0n) is 16.6. The Morgan fingerprint density at radius 2 is 1.82 bits per heavy atom. The second kappa shape index (κ2) is 8.07. The summed E-state index contributed by atoms with van der Waals surface area (Å²) in [7, 11) is 1.66. The number of hydrogen-bond acceptors (Lipinski definition) is 4. The predicted molar refractivity (Wildman–Crippen MR) is 106 cm³/mol. The number of hydrogen-bond donors (Lipinski definition) is 1. The van der Waals surface area contributed by atoms with Crippen LogP contribution in [-0.2, 0) is 11.8 Å². The molecule has 2 saturated heterocycles. The van der Waals surface area contributed by atoms with Crippen LogP contribution in [0.2, 0.25) is 0 Å². The fourth-order valence-electron chi connectivity index (χ4n) is 4.46. The van der Waals surface area contributed by atoms with Gasteiger partial charge in [-0.2, -0.15) is 0 Å². The number of aryl methyl sites for hydroxylation is 1. The van der Waals surface area contributed by atoms with E-state index in [-0.39, 0.29) is 28.9 Å². The van der Waals surface area contributed by atoms with Crippen molar-refractivity contribution in [1.82, 2.24) is 19.7 Å². The molecule has 2 aliphatic heterocycles. The summed E-state index contributed by atoms with van der Waals surface area (Å²) >= 11 is 0. The molecule has 3 fully saturated rings. The summed E-state index contributed by atoms with van der Waals surface area (Å²) in [6.45, 7) is 3.19. The number of pyridine rings is 1. The normalized spacial score (nSPS) is 24.2. The maximum Gasteiger partial charge on any atom is 0.263 e. The van der Waals surface area contributed by atoms with Crippen LogP contribution >= 0.6 is 0 Å². The van der Waals surface area contributed by atoms with Gasteiger partial charge < -0.3 is 14.8 Å². The van der Waals surface area contributed by atoms with Gasteiger partial charge in [-0.1, -0.05) is 0 Å². The van der Waals surface area contributed by atoms with Gasteiger partial charge in [0, 0.05) is 45.0 Å². The van der Waals surface area contributed by atoms with Crippen molar-refractivity contribution < 1.29 is 9.59 Å². The largest absolute Gasteiger partial charge is 0.353 e. The molecule has 0 aromatic carbocycles. The maximum atomic E-state index is 12.8. The van der Waals surface area contributed by atoms with Crippen LogP contribution in [-0.4, -0.2) is 64.4 Å². The van der Waals surface area contributed by atoms with Crippen molar-refractivity contribution in [3.05, 3.63) is 34.2 Å². The summed E-state index contributed by atoms with van der Waals surface area (Å²) < 4.78 is 1.44. The van der Waals surface area contributed by atoms with Gasteiger partial charge in [0.1, 0.15) is 5.56 Å². The molecule has 2 amide bonds. The first-order valence-electron chi connectivity index (χ1n) is 10.5. The molecule has 0 radical (unpaired) electrons. The first kappa shape index (κ1) is 19.2. The Bertz CT molecular complexity index is 793. The van der Waals surface area contributed by atoms with E-state index in [2.05, 4.69) is 10.2 Å². The van der Waals surface area contributed by atoms with Gasteiger partial charge in [0.05, 0.1) is 5.92 Å². The van der Waals surface area contributed by atoms with Gasteiger partial charge in [-0.3, -0.25) is 19.3 Å². The number of aromatic nitrogens is 1. The highest BCUT2D eigenvalue weighted by Gasteiger charge is 2.34. The molecule has 4 rings (SSSR count). The number of carbonyl (C=O) groups excluding carboxylic acids is 2. The molecule has 1 aromatic heterocycles. The molecule has 1 unspecified atom stereocenters. The van der Waals surface area contributed by atoms with Gasteiger partial charge >= 0.3 is 0 Å². The molecule has 1 saturated carbocycles. The van der Waals surface area contributed by atoms with E-state index in [0.29, 0.717) is 25.2 Å². The van der Waals surface area contributed by atoms with Crippen molar-refractivity contribution in [1.29, 1.82) is 0 Å². The molecular weight excluding hydrogens is 356 g/mol. The molecule has 28 heavy (non-hydrogen) atoms. The van der Waals surface area contributed by atoms with Crippen molar-refractivity contribution >= 4 is 11.8 Å². The van der Waals surface area contributed by atoms with Crippen LogP contribution in [0.5, 0.6) is 0 Å². The van der Waals surface area contributed by atoms with Crippen molar-refractivity contribution in [3.8, 4) is 0 Å². The van der Waals surface area contributed by atoms with Crippen molar-refractivity contribution in [3.63, 3.8) is 0 Å². The monoisotopic (exact) mass is 386 g/mol. The number of nitrogens with one attached hydrogen (secondary N) is 1. The molecule has 3 heterocycles. The lowest BCUT2D eigenvalue weighted by atomic mass is 9.93. The van der Waals surface area contributed by atoms with E-state index in [1.807, 2.05) is 0 Å². The van der Waals surface area contributed by atoms with E-state index in [4.69, 9.17) is 0 Å². The first-order valence-corrected chi connectivity index (χ1v) is 10.5. The molecule has 1 aromatic rings. The van der Waals surface area contributed by atoms with Crippen LogP contribution < -0.4 is 10.9 Å². The van der Waals surface area contributed by atoms with E-state index in [9.17, 15) is 14.4 Å². The van der Waals surface area contributed by atoms with Gasteiger partial charge in [-0.25, -0.2) is 0 Å². The molecule has 7 heteroatoms. The Kier molecular flexibility index (Phi) is 5.53. The Hall–Kier alpha value is -2.15. The summed E-state index contributed by atoms with van der Waals surface area (Å²) in [6.07, 6.45) is 7.74.